The Morgan fingerprint density at radius 3 is 2.79 bits per heavy atom. The van der Waals surface area contributed by atoms with E-state index in [0.29, 0.717) is 16.4 Å². The quantitative estimate of drug-likeness (QED) is 0.576. The number of nitrogens with zero attached hydrogens (tertiary/aromatic N) is 3. The van der Waals surface area contributed by atoms with Crippen LogP contribution in [0, 0.1) is 6.92 Å². The SMILES string of the molecule is Cc1nc(Cl)nc(Sc2nc3ccccc3s2)c1N. The minimum absolute atomic E-state index is 0.204. The van der Waals surface area contributed by atoms with Crippen LogP contribution >= 0.6 is 34.7 Å². The van der Waals surface area contributed by atoms with Crippen LogP contribution in [-0.2, 0) is 0 Å². The van der Waals surface area contributed by atoms with E-state index in [0.717, 1.165) is 14.6 Å². The standard InChI is InChI=1S/C12H9ClN4S2/c1-6-9(14)10(17-11(13)15-6)19-12-16-7-4-2-3-5-8(7)18-12/h2-5H,14H2,1H3. The lowest BCUT2D eigenvalue weighted by atomic mass is 10.3. The fourth-order valence-electron chi connectivity index (χ4n) is 1.58. The van der Waals surface area contributed by atoms with E-state index in [9.17, 15) is 0 Å². The first-order valence-electron chi connectivity index (χ1n) is 5.46. The lowest BCUT2D eigenvalue weighted by Gasteiger charge is -2.04. The number of thiazole rings is 1. The highest BCUT2D eigenvalue weighted by Gasteiger charge is 2.12. The maximum Gasteiger partial charge on any atom is 0.223 e. The Hall–Kier alpha value is -1.37. The summed E-state index contributed by atoms with van der Waals surface area (Å²) in [5.74, 6) is 0. The molecule has 0 radical (unpaired) electrons. The number of nitrogens with two attached hydrogens (primary N) is 1. The average molecular weight is 309 g/mol. The third kappa shape index (κ3) is 2.51. The zero-order valence-electron chi connectivity index (χ0n) is 9.92. The Morgan fingerprint density at radius 2 is 2.00 bits per heavy atom. The molecule has 3 rings (SSSR count). The number of fused-ring (bicyclic) bond motifs is 1. The van der Waals surface area contributed by atoms with Gasteiger partial charge in [-0.3, -0.25) is 0 Å². The number of hydrogen-bond acceptors (Lipinski definition) is 6. The van der Waals surface area contributed by atoms with Crippen LogP contribution in [0.25, 0.3) is 10.2 Å². The molecule has 0 amide bonds. The summed E-state index contributed by atoms with van der Waals surface area (Å²) in [5, 5.41) is 0.854. The van der Waals surface area contributed by atoms with Crippen LogP contribution in [0.4, 0.5) is 5.69 Å². The summed E-state index contributed by atoms with van der Waals surface area (Å²) in [5.41, 5.74) is 8.18. The maximum atomic E-state index is 5.97. The van der Waals surface area contributed by atoms with Gasteiger partial charge in [0.25, 0.3) is 0 Å². The molecule has 0 atom stereocenters. The Balaban J connectivity index is 2.01. The lowest BCUT2D eigenvalue weighted by Crippen LogP contribution is -1.99. The number of nitrogen functional groups attached to an aromatic ring is 1. The molecule has 7 heteroatoms. The van der Waals surface area contributed by atoms with Crippen molar-refractivity contribution in [3.05, 3.63) is 35.2 Å². The van der Waals surface area contributed by atoms with E-state index < -0.39 is 0 Å². The Labute approximate surface area is 123 Å². The van der Waals surface area contributed by atoms with E-state index in [1.54, 1.807) is 11.3 Å². The van der Waals surface area contributed by atoms with Gasteiger partial charge in [-0.2, -0.15) is 0 Å². The number of para-hydroxylation sites is 1. The minimum atomic E-state index is 0.204. The molecule has 0 aliphatic carbocycles. The molecule has 0 fully saturated rings. The summed E-state index contributed by atoms with van der Waals surface area (Å²) in [6.07, 6.45) is 0. The second kappa shape index (κ2) is 4.96. The molecule has 19 heavy (non-hydrogen) atoms. The number of aromatic nitrogens is 3. The van der Waals surface area contributed by atoms with Gasteiger partial charge in [0.05, 0.1) is 21.6 Å². The van der Waals surface area contributed by atoms with E-state index in [1.165, 1.54) is 11.8 Å². The van der Waals surface area contributed by atoms with Gasteiger partial charge in [-0.15, -0.1) is 11.3 Å². The highest BCUT2D eigenvalue weighted by Crippen LogP contribution is 2.36. The summed E-state index contributed by atoms with van der Waals surface area (Å²) in [6, 6.07) is 7.99. The van der Waals surface area contributed by atoms with Gasteiger partial charge in [-0.25, -0.2) is 15.0 Å². The molecule has 1 aromatic carbocycles. The second-order valence-corrected chi connectivity index (χ2v) is 6.45. The summed E-state index contributed by atoms with van der Waals surface area (Å²) >= 11 is 8.88. The molecule has 0 saturated heterocycles. The van der Waals surface area contributed by atoms with Crippen LogP contribution in [0.15, 0.2) is 33.6 Å². The van der Waals surface area contributed by atoms with Gasteiger partial charge in [0.15, 0.2) is 4.34 Å². The number of halogens is 1. The smallest absolute Gasteiger partial charge is 0.223 e. The molecule has 2 aromatic heterocycles. The lowest BCUT2D eigenvalue weighted by molar-refractivity contribution is 1.02. The third-order valence-corrected chi connectivity index (χ3v) is 4.80. The minimum Gasteiger partial charge on any atom is -0.395 e. The number of anilines is 1. The first kappa shape index (κ1) is 12.7. The Kier molecular flexibility index (Phi) is 3.30. The normalized spacial score (nSPS) is 11.1. The second-order valence-electron chi connectivity index (χ2n) is 3.85. The van der Waals surface area contributed by atoms with Gasteiger partial charge in [-0.1, -0.05) is 12.1 Å². The van der Waals surface area contributed by atoms with Gasteiger partial charge in [-0.05, 0) is 42.4 Å². The number of aryl methyl sites for hydroxylation is 1. The highest BCUT2D eigenvalue weighted by atomic mass is 35.5. The molecular formula is C12H9ClN4S2. The molecule has 4 nitrogen and oxygen atoms in total. The van der Waals surface area contributed by atoms with Crippen molar-refractivity contribution >= 4 is 50.6 Å². The third-order valence-electron chi connectivity index (χ3n) is 2.53. The van der Waals surface area contributed by atoms with Crippen LogP contribution in [-0.4, -0.2) is 15.0 Å². The van der Waals surface area contributed by atoms with E-state index >= 15 is 0 Å². The highest BCUT2D eigenvalue weighted by molar-refractivity contribution is 8.01. The van der Waals surface area contributed by atoms with Gasteiger partial charge in [0, 0.05) is 0 Å². The van der Waals surface area contributed by atoms with Gasteiger partial charge < -0.3 is 5.73 Å². The number of hydrogen-bond donors (Lipinski definition) is 1. The molecule has 0 spiro atoms. The topological polar surface area (TPSA) is 64.7 Å². The predicted octanol–water partition coefficient (Wildman–Crippen LogP) is 3.78. The van der Waals surface area contributed by atoms with Crippen LogP contribution in [0.2, 0.25) is 5.28 Å². The molecule has 0 saturated carbocycles. The fraction of sp³-hybridized carbons (Fsp3) is 0.0833. The number of rotatable bonds is 2. The van der Waals surface area contributed by atoms with Gasteiger partial charge >= 0.3 is 0 Å². The van der Waals surface area contributed by atoms with E-state index in [4.69, 9.17) is 17.3 Å². The van der Waals surface area contributed by atoms with Crippen LogP contribution in [0.3, 0.4) is 0 Å². The van der Waals surface area contributed by atoms with Crippen molar-refractivity contribution in [3.8, 4) is 0 Å². The van der Waals surface area contributed by atoms with Crippen molar-refractivity contribution in [2.24, 2.45) is 0 Å². The zero-order valence-corrected chi connectivity index (χ0v) is 12.3. The van der Waals surface area contributed by atoms with Crippen LogP contribution in [0.5, 0.6) is 0 Å². The van der Waals surface area contributed by atoms with Crippen LogP contribution in [0.1, 0.15) is 5.69 Å². The zero-order chi connectivity index (χ0) is 13.4. The molecule has 3 aromatic rings. The predicted molar refractivity (Wildman–Crippen MR) is 79.9 cm³/mol. The van der Waals surface area contributed by atoms with Crippen molar-refractivity contribution < 1.29 is 0 Å². The molecule has 96 valence electrons. The maximum absolute atomic E-state index is 5.97. The largest absolute Gasteiger partial charge is 0.395 e. The summed E-state index contributed by atoms with van der Waals surface area (Å²) < 4.78 is 2.03. The fourth-order valence-corrected chi connectivity index (χ4v) is 3.91. The van der Waals surface area contributed by atoms with Crippen LogP contribution < -0.4 is 5.73 Å². The van der Waals surface area contributed by atoms with E-state index in [1.807, 2.05) is 31.2 Å². The Bertz CT molecular complexity index is 724. The molecule has 0 aliphatic heterocycles. The van der Waals surface area contributed by atoms with Crippen molar-refractivity contribution in [3.63, 3.8) is 0 Å². The summed E-state index contributed by atoms with van der Waals surface area (Å²) in [4.78, 5) is 12.7. The van der Waals surface area contributed by atoms with Gasteiger partial charge in [0.1, 0.15) is 5.03 Å². The van der Waals surface area contributed by atoms with Crippen molar-refractivity contribution in [2.45, 2.75) is 16.3 Å². The Morgan fingerprint density at radius 1 is 1.21 bits per heavy atom. The van der Waals surface area contributed by atoms with Crippen molar-refractivity contribution in [1.29, 1.82) is 0 Å². The molecular weight excluding hydrogens is 300 g/mol. The molecule has 0 bridgehead atoms. The summed E-state index contributed by atoms with van der Waals surface area (Å²) in [6.45, 7) is 1.81. The number of benzene rings is 1. The summed E-state index contributed by atoms with van der Waals surface area (Å²) in [7, 11) is 0. The average Bonchev–Trinajstić information content (AvgIpc) is 2.77. The van der Waals surface area contributed by atoms with E-state index in [2.05, 4.69) is 15.0 Å². The first-order chi connectivity index (χ1) is 9.13. The van der Waals surface area contributed by atoms with Gasteiger partial charge in [0.2, 0.25) is 5.28 Å². The molecule has 2 N–H and O–H groups in total. The molecule has 0 unspecified atom stereocenters. The molecule has 0 aliphatic rings. The van der Waals surface area contributed by atoms with Crippen molar-refractivity contribution in [1.82, 2.24) is 15.0 Å². The monoisotopic (exact) mass is 308 g/mol. The van der Waals surface area contributed by atoms with E-state index in [-0.39, 0.29) is 5.28 Å². The van der Waals surface area contributed by atoms with Crippen molar-refractivity contribution in [2.75, 3.05) is 5.73 Å². The molecule has 2 heterocycles. The first-order valence-corrected chi connectivity index (χ1v) is 7.47.